The van der Waals surface area contributed by atoms with Gasteiger partial charge in [-0.15, -0.1) is 0 Å². The Labute approximate surface area is 169 Å². The molecule has 0 aliphatic carbocycles. The fraction of sp³-hybridized carbons (Fsp3) is 0.417. The minimum absolute atomic E-state index is 0. The van der Waals surface area contributed by atoms with Crippen LogP contribution in [0.1, 0.15) is 43.2 Å². The van der Waals surface area contributed by atoms with Gasteiger partial charge in [-0.1, -0.05) is 66.7 Å². The van der Waals surface area contributed by atoms with Gasteiger partial charge in [0.2, 0.25) is 0 Å². The van der Waals surface area contributed by atoms with E-state index >= 15 is 0 Å². The average molecular weight is 412 g/mol. The Balaban J connectivity index is 0.00000196. The van der Waals surface area contributed by atoms with Gasteiger partial charge in [-0.2, -0.15) is 0 Å². The van der Waals surface area contributed by atoms with Crippen molar-refractivity contribution in [1.29, 1.82) is 0 Å². The summed E-state index contributed by atoms with van der Waals surface area (Å²) in [6, 6.07) is 23.5. The lowest BCUT2D eigenvalue weighted by Gasteiger charge is -2.53. The van der Waals surface area contributed by atoms with Crippen molar-refractivity contribution >= 4 is 5.57 Å². The van der Waals surface area contributed by atoms with E-state index in [1.165, 1.54) is 53.3 Å². The fourth-order valence-corrected chi connectivity index (χ4v) is 5.09. The maximum absolute atomic E-state index is 2.59. The number of quaternary nitrogens is 1. The Bertz CT molecular complexity index is 678. The van der Waals surface area contributed by atoms with Crippen LogP contribution in [0.5, 0.6) is 0 Å². The van der Waals surface area contributed by atoms with Crippen molar-refractivity contribution in [3.63, 3.8) is 0 Å². The van der Waals surface area contributed by atoms with Crippen LogP contribution in [-0.4, -0.2) is 30.7 Å². The molecule has 0 amide bonds. The van der Waals surface area contributed by atoms with Crippen LogP contribution in [0.25, 0.3) is 5.57 Å². The number of hydrogen-bond donors (Lipinski definition) is 0. The number of benzene rings is 2. The Morgan fingerprint density at radius 1 is 0.808 bits per heavy atom. The standard InChI is InChI=1S/C24H30N.BrH/c1-25(2)22-14-9-15-23(25)17-19(16-22)18-24(20-10-5-3-6-11-20)21-12-7-4-8-13-21;/h3-8,10-13,18-19,22-23H,9,14-17H2,1-2H3;1H/q+1;/p-1/t19?,22-,23+;. The van der Waals surface area contributed by atoms with Gasteiger partial charge in [-0.3, -0.25) is 0 Å². The molecule has 0 aromatic heterocycles. The van der Waals surface area contributed by atoms with Crippen LogP contribution >= 0.6 is 0 Å². The van der Waals surface area contributed by atoms with E-state index in [9.17, 15) is 0 Å². The van der Waals surface area contributed by atoms with E-state index in [2.05, 4.69) is 80.8 Å². The number of rotatable bonds is 3. The second-order valence-corrected chi connectivity index (χ2v) is 8.41. The summed E-state index contributed by atoms with van der Waals surface area (Å²) in [5, 5.41) is 0. The first-order valence-electron chi connectivity index (χ1n) is 9.80. The Kier molecular flexibility index (Phi) is 6.04. The summed E-state index contributed by atoms with van der Waals surface area (Å²) in [6.07, 6.45) is 9.51. The normalized spacial score (nSPS) is 26.5. The predicted octanol–water partition coefficient (Wildman–Crippen LogP) is 2.53. The number of allylic oxidation sites excluding steroid dienone is 1. The van der Waals surface area contributed by atoms with Crippen molar-refractivity contribution < 1.29 is 21.5 Å². The highest BCUT2D eigenvalue weighted by Gasteiger charge is 2.45. The van der Waals surface area contributed by atoms with Crippen molar-refractivity contribution in [2.45, 2.75) is 44.2 Å². The fourth-order valence-electron chi connectivity index (χ4n) is 5.09. The van der Waals surface area contributed by atoms with E-state index in [4.69, 9.17) is 0 Å². The molecule has 1 unspecified atom stereocenters. The minimum Gasteiger partial charge on any atom is -1.00 e. The van der Waals surface area contributed by atoms with E-state index in [1.807, 2.05) is 0 Å². The second-order valence-electron chi connectivity index (χ2n) is 8.41. The highest BCUT2D eigenvalue weighted by Crippen LogP contribution is 2.42. The van der Waals surface area contributed by atoms with Gasteiger partial charge in [0.25, 0.3) is 0 Å². The molecule has 2 fully saturated rings. The summed E-state index contributed by atoms with van der Waals surface area (Å²) in [6.45, 7) is 0. The molecule has 2 aliphatic heterocycles. The molecule has 2 saturated heterocycles. The molecule has 2 aliphatic rings. The molecule has 0 radical (unpaired) electrons. The topological polar surface area (TPSA) is 0 Å². The summed E-state index contributed by atoms with van der Waals surface area (Å²) >= 11 is 0. The van der Waals surface area contributed by atoms with Gasteiger partial charge in [-0.25, -0.2) is 0 Å². The summed E-state index contributed by atoms with van der Waals surface area (Å²) in [7, 11) is 4.92. The van der Waals surface area contributed by atoms with Gasteiger partial charge in [0, 0.05) is 12.8 Å². The number of hydrogen-bond acceptors (Lipinski definition) is 0. The molecular formula is C24H30BrN. The van der Waals surface area contributed by atoms with Crippen molar-refractivity contribution in [2.75, 3.05) is 14.1 Å². The maximum Gasteiger partial charge on any atom is 0.0894 e. The van der Waals surface area contributed by atoms with Crippen molar-refractivity contribution in [1.82, 2.24) is 0 Å². The van der Waals surface area contributed by atoms with Crippen LogP contribution in [0.3, 0.4) is 0 Å². The average Bonchev–Trinajstić information content (AvgIpc) is 2.61. The highest BCUT2D eigenvalue weighted by atomic mass is 79.9. The van der Waals surface area contributed by atoms with Gasteiger partial charge in [0.15, 0.2) is 0 Å². The molecule has 0 N–H and O–H groups in total. The molecule has 0 spiro atoms. The van der Waals surface area contributed by atoms with Crippen LogP contribution < -0.4 is 17.0 Å². The molecule has 2 aromatic rings. The zero-order valence-corrected chi connectivity index (χ0v) is 17.5. The van der Waals surface area contributed by atoms with Gasteiger partial charge >= 0.3 is 0 Å². The maximum atomic E-state index is 2.59. The molecule has 4 rings (SSSR count). The molecule has 2 aromatic carbocycles. The van der Waals surface area contributed by atoms with Crippen molar-refractivity contribution in [3.05, 3.63) is 77.9 Å². The van der Waals surface area contributed by atoms with Crippen LogP contribution in [0, 0.1) is 5.92 Å². The first-order valence-corrected chi connectivity index (χ1v) is 9.80. The Morgan fingerprint density at radius 2 is 1.27 bits per heavy atom. The van der Waals surface area contributed by atoms with Gasteiger partial charge in [-0.05, 0) is 41.9 Å². The third-order valence-corrected chi connectivity index (χ3v) is 6.68. The summed E-state index contributed by atoms with van der Waals surface area (Å²) in [5.74, 6) is 0.705. The molecular weight excluding hydrogens is 382 g/mol. The summed E-state index contributed by atoms with van der Waals surface area (Å²) < 4.78 is 1.25. The largest absolute Gasteiger partial charge is 1.00 e. The molecule has 26 heavy (non-hydrogen) atoms. The van der Waals surface area contributed by atoms with Gasteiger partial charge < -0.3 is 21.5 Å². The van der Waals surface area contributed by atoms with Crippen LogP contribution in [0.15, 0.2) is 66.7 Å². The molecule has 0 saturated carbocycles. The van der Waals surface area contributed by atoms with Gasteiger partial charge in [0.1, 0.15) is 0 Å². The first kappa shape index (κ1) is 19.4. The zero-order valence-electron chi connectivity index (χ0n) is 15.9. The number of halogens is 1. The van der Waals surface area contributed by atoms with E-state index in [1.54, 1.807) is 0 Å². The number of nitrogens with zero attached hydrogens (tertiary/aromatic N) is 1. The molecule has 2 heteroatoms. The smallest absolute Gasteiger partial charge is 0.0894 e. The molecule has 1 nitrogen and oxygen atoms in total. The Hall–Kier alpha value is -1.38. The number of fused-ring (bicyclic) bond motifs is 2. The van der Waals surface area contributed by atoms with E-state index in [0.717, 1.165) is 12.1 Å². The van der Waals surface area contributed by atoms with Crippen LogP contribution in [0.2, 0.25) is 0 Å². The van der Waals surface area contributed by atoms with Crippen LogP contribution in [-0.2, 0) is 0 Å². The summed E-state index contributed by atoms with van der Waals surface area (Å²) in [5.41, 5.74) is 4.10. The quantitative estimate of drug-likeness (QED) is 0.680. The monoisotopic (exact) mass is 411 g/mol. The lowest BCUT2D eigenvalue weighted by atomic mass is 9.75. The lowest BCUT2D eigenvalue weighted by Crippen LogP contribution is -3.00. The Morgan fingerprint density at radius 3 is 1.73 bits per heavy atom. The second kappa shape index (κ2) is 8.10. The van der Waals surface area contributed by atoms with E-state index < -0.39 is 0 Å². The SMILES string of the molecule is C[N+]1(C)[C@@H]2CCC[C@H]1CC(C=C(c1ccccc1)c1ccccc1)C2.[Br-]. The summed E-state index contributed by atoms with van der Waals surface area (Å²) in [4.78, 5) is 0. The molecule has 2 heterocycles. The third-order valence-electron chi connectivity index (χ3n) is 6.68. The van der Waals surface area contributed by atoms with E-state index in [0.29, 0.717) is 5.92 Å². The van der Waals surface area contributed by atoms with E-state index in [-0.39, 0.29) is 17.0 Å². The molecule has 3 atom stereocenters. The number of piperidine rings is 2. The minimum atomic E-state index is 0. The predicted molar refractivity (Wildman–Crippen MR) is 106 cm³/mol. The molecule has 2 bridgehead atoms. The zero-order chi connectivity index (χ0) is 17.3. The lowest BCUT2D eigenvalue weighted by molar-refractivity contribution is -0.950. The third kappa shape index (κ3) is 3.82. The first-order chi connectivity index (χ1) is 12.1. The molecule has 138 valence electrons. The highest BCUT2D eigenvalue weighted by molar-refractivity contribution is 5.79. The van der Waals surface area contributed by atoms with Crippen LogP contribution in [0.4, 0.5) is 0 Å². The van der Waals surface area contributed by atoms with Gasteiger partial charge in [0.05, 0.1) is 26.2 Å². The van der Waals surface area contributed by atoms with Crippen molar-refractivity contribution in [2.24, 2.45) is 5.92 Å². The van der Waals surface area contributed by atoms with Crippen molar-refractivity contribution in [3.8, 4) is 0 Å².